The summed E-state index contributed by atoms with van der Waals surface area (Å²) in [4.78, 5) is 4.37. The van der Waals surface area contributed by atoms with Crippen LogP contribution in [0.4, 0.5) is 4.39 Å². The molecule has 1 aromatic heterocycles. The van der Waals surface area contributed by atoms with Gasteiger partial charge >= 0.3 is 0 Å². The van der Waals surface area contributed by atoms with Crippen LogP contribution >= 0.6 is 11.6 Å². The maximum Gasteiger partial charge on any atom is 0.123 e. The summed E-state index contributed by atoms with van der Waals surface area (Å²) in [5.74, 6) is -0.206. The lowest BCUT2D eigenvalue weighted by atomic mass is 9.98. The van der Waals surface area contributed by atoms with Crippen LogP contribution in [0.15, 0.2) is 36.5 Å². The minimum absolute atomic E-state index is 0.0258. The molecule has 0 aliphatic heterocycles. The number of benzene rings is 1. The molecule has 1 unspecified atom stereocenters. The number of hydrogen-bond donors (Lipinski definition) is 1. The van der Waals surface area contributed by atoms with Gasteiger partial charge in [-0.3, -0.25) is 4.98 Å². The van der Waals surface area contributed by atoms with E-state index < -0.39 is 0 Å². The molecule has 1 aromatic carbocycles. The number of halogens is 2. The second kappa shape index (κ2) is 6.82. The number of likely N-dealkylation sites (N-methyl/N-ethyl adjacent to an activating group) is 1. The third-order valence-electron chi connectivity index (χ3n) is 3.30. The van der Waals surface area contributed by atoms with Gasteiger partial charge in [0, 0.05) is 6.20 Å². The fourth-order valence-electron chi connectivity index (χ4n) is 2.27. The summed E-state index contributed by atoms with van der Waals surface area (Å²) < 4.78 is 13.2. The Labute approximate surface area is 124 Å². The van der Waals surface area contributed by atoms with Crippen molar-refractivity contribution in [3.8, 4) is 0 Å². The summed E-state index contributed by atoms with van der Waals surface area (Å²) in [6.45, 7) is 4.78. The summed E-state index contributed by atoms with van der Waals surface area (Å²) in [5.41, 5.74) is 2.87. The third kappa shape index (κ3) is 3.56. The molecule has 2 nitrogen and oxygen atoms in total. The zero-order chi connectivity index (χ0) is 14.5. The van der Waals surface area contributed by atoms with Crippen molar-refractivity contribution in [3.63, 3.8) is 0 Å². The lowest BCUT2D eigenvalue weighted by Crippen LogP contribution is -2.24. The number of aryl methyl sites for hydroxylation is 1. The summed E-state index contributed by atoms with van der Waals surface area (Å²) in [6, 6.07) is 8.55. The van der Waals surface area contributed by atoms with E-state index >= 15 is 0 Å². The van der Waals surface area contributed by atoms with Gasteiger partial charge in [-0.2, -0.15) is 0 Å². The van der Waals surface area contributed by atoms with Crippen LogP contribution in [0.1, 0.15) is 29.8 Å². The van der Waals surface area contributed by atoms with E-state index in [0.717, 1.165) is 29.8 Å². The molecule has 20 heavy (non-hydrogen) atoms. The van der Waals surface area contributed by atoms with E-state index in [1.54, 1.807) is 12.3 Å². The Balaban J connectivity index is 2.28. The van der Waals surface area contributed by atoms with Crippen LogP contribution in [0.5, 0.6) is 0 Å². The normalized spacial score (nSPS) is 12.4. The lowest BCUT2D eigenvalue weighted by molar-refractivity contribution is 0.535. The van der Waals surface area contributed by atoms with Gasteiger partial charge in [0.2, 0.25) is 0 Å². The molecule has 1 heterocycles. The summed E-state index contributed by atoms with van der Waals surface area (Å²) >= 11 is 6.22. The fraction of sp³-hybridized carbons (Fsp3) is 0.312. The first-order chi connectivity index (χ1) is 9.61. The molecule has 0 bridgehead atoms. The molecule has 0 amide bonds. The average Bonchev–Trinajstić information content (AvgIpc) is 2.42. The molecule has 4 heteroatoms. The first-order valence-corrected chi connectivity index (χ1v) is 7.08. The van der Waals surface area contributed by atoms with Gasteiger partial charge < -0.3 is 5.32 Å². The third-order valence-corrected chi connectivity index (χ3v) is 3.62. The van der Waals surface area contributed by atoms with Crippen molar-refractivity contribution < 1.29 is 4.39 Å². The summed E-state index contributed by atoms with van der Waals surface area (Å²) in [5, 5.41) is 4.04. The van der Waals surface area contributed by atoms with E-state index in [-0.39, 0.29) is 11.9 Å². The maximum absolute atomic E-state index is 13.2. The highest BCUT2D eigenvalue weighted by molar-refractivity contribution is 6.31. The van der Waals surface area contributed by atoms with Crippen molar-refractivity contribution in [2.75, 3.05) is 6.54 Å². The molecule has 0 fully saturated rings. The average molecular weight is 293 g/mol. The second-order valence-corrected chi connectivity index (χ2v) is 5.16. The van der Waals surface area contributed by atoms with Gasteiger partial charge in [0.15, 0.2) is 0 Å². The minimum atomic E-state index is -0.206. The Morgan fingerprint density at radius 3 is 2.80 bits per heavy atom. The molecule has 1 N–H and O–H groups in total. The van der Waals surface area contributed by atoms with E-state index in [9.17, 15) is 4.39 Å². The second-order valence-electron chi connectivity index (χ2n) is 4.76. The van der Waals surface area contributed by atoms with Gasteiger partial charge in [-0.25, -0.2) is 4.39 Å². The highest BCUT2D eigenvalue weighted by Crippen LogP contribution is 2.25. The summed E-state index contributed by atoms with van der Waals surface area (Å²) in [6.07, 6.45) is 2.47. The van der Waals surface area contributed by atoms with Crippen molar-refractivity contribution >= 4 is 11.6 Å². The number of pyridine rings is 1. The van der Waals surface area contributed by atoms with E-state index in [0.29, 0.717) is 5.02 Å². The Bertz CT molecular complexity index is 586. The quantitative estimate of drug-likeness (QED) is 0.898. The van der Waals surface area contributed by atoms with Crippen LogP contribution in [0, 0.1) is 12.7 Å². The topological polar surface area (TPSA) is 24.9 Å². The van der Waals surface area contributed by atoms with Gasteiger partial charge in [-0.05, 0) is 55.3 Å². The molecule has 0 aliphatic carbocycles. The smallest absolute Gasteiger partial charge is 0.123 e. The Morgan fingerprint density at radius 1 is 1.35 bits per heavy atom. The van der Waals surface area contributed by atoms with Crippen molar-refractivity contribution in [2.24, 2.45) is 0 Å². The van der Waals surface area contributed by atoms with Crippen LogP contribution in [-0.2, 0) is 6.42 Å². The molecule has 0 saturated heterocycles. The Hall–Kier alpha value is -1.45. The summed E-state index contributed by atoms with van der Waals surface area (Å²) in [7, 11) is 0. The van der Waals surface area contributed by atoms with Crippen LogP contribution in [0.25, 0.3) is 0 Å². The number of rotatable bonds is 5. The van der Waals surface area contributed by atoms with Crippen molar-refractivity contribution in [1.29, 1.82) is 0 Å². The molecule has 0 radical (unpaired) electrons. The molecular formula is C16H18ClFN2. The lowest BCUT2D eigenvalue weighted by Gasteiger charge is -2.19. The maximum atomic E-state index is 13.2. The molecule has 1 atom stereocenters. The fourth-order valence-corrected chi connectivity index (χ4v) is 2.53. The largest absolute Gasteiger partial charge is 0.309 e. The van der Waals surface area contributed by atoms with Gasteiger partial charge in [0.05, 0.1) is 16.8 Å². The van der Waals surface area contributed by atoms with Crippen molar-refractivity contribution in [3.05, 3.63) is 64.2 Å². The highest BCUT2D eigenvalue weighted by atomic mass is 35.5. The van der Waals surface area contributed by atoms with Crippen LogP contribution in [0.3, 0.4) is 0 Å². The number of nitrogens with one attached hydrogen (secondary N) is 1. The number of hydrogen-bond acceptors (Lipinski definition) is 2. The molecule has 106 valence electrons. The van der Waals surface area contributed by atoms with Crippen LogP contribution in [-0.4, -0.2) is 11.5 Å². The zero-order valence-corrected chi connectivity index (χ0v) is 12.4. The van der Waals surface area contributed by atoms with Crippen LogP contribution < -0.4 is 5.32 Å². The van der Waals surface area contributed by atoms with Gasteiger partial charge in [-0.15, -0.1) is 0 Å². The van der Waals surface area contributed by atoms with Gasteiger partial charge in [-0.1, -0.05) is 24.6 Å². The first-order valence-electron chi connectivity index (χ1n) is 6.70. The van der Waals surface area contributed by atoms with E-state index in [1.807, 2.05) is 32.0 Å². The van der Waals surface area contributed by atoms with Crippen molar-refractivity contribution in [1.82, 2.24) is 10.3 Å². The monoisotopic (exact) mass is 292 g/mol. The minimum Gasteiger partial charge on any atom is -0.309 e. The predicted octanol–water partition coefficient (Wildman–Crippen LogP) is 4.08. The highest BCUT2D eigenvalue weighted by Gasteiger charge is 2.16. The van der Waals surface area contributed by atoms with Gasteiger partial charge in [0.25, 0.3) is 0 Å². The molecular weight excluding hydrogens is 275 g/mol. The molecule has 2 rings (SSSR count). The molecule has 0 aliphatic rings. The van der Waals surface area contributed by atoms with Gasteiger partial charge in [0.1, 0.15) is 5.82 Å². The molecule has 0 saturated carbocycles. The first kappa shape index (κ1) is 14.9. The molecule has 2 aromatic rings. The Morgan fingerprint density at radius 2 is 2.15 bits per heavy atom. The zero-order valence-electron chi connectivity index (χ0n) is 11.7. The SMILES string of the molecule is CCNC(Cc1ccc(F)cc1C)c1ncccc1Cl. The molecule has 0 spiro atoms. The standard InChI is InChI=1S/C16H18ClFN2/c1-3-19-15(16-14(17)5-4-8-20-16)10-12-6-7-13(18)9-11(12)2/h4-9,15,19H,3,10H2,1-2H3. The van der Waals surface area contributed by atoms with Crippen molar-refractivity contribution in [2.45, 2.75) is 26.3 Å². The predicted molar refractivity (Wildman–Crippen MR) is 80.5 cm³/mol. The van der Waals surface area contributed by atoms with E-state index in [2.05, 4.69) is 10.3 Å². The van der Waals surface area contributed by atoms with E-state index in [1.165, 1.54) is 6.07 Å². The van der Waals surface area contributed by atoms with E-state index in [4.69, 9.17) is 11.6 Å². The Kier molecular flexibility index (Phi) is 5.10. The van der Waals surface area contributed by atoms with Crippen LogP contribution in [0.2, 0.25) is 5.02 Å². The number of aromatic nitrogens is 1. The number of nitrogens with zero attached hydrogens (tertiary/aromatic N) is 1.